The molecule has 0 aliphatic carbocycles. The van der Waals surface area contributed by atoms with Gasteiger partial charge in [0.25, 0.3) is 5.91 Å². The maximum Gasteiger partial charge on any atom is 0.298 e. The van der Waals surface area contributed by atoms with Gasteiger partial charge in [0, 0.05) is 19.2 Å². The number of likely N-dealkylation sites (N-methyl/N-ethyl adjacent to an activating group) is 1. The number of carbonyl (C=O) groups excluding carboxylic acids is 1. The van der Waals surface area contributed by atoms with Gasteiger partial charge in [-0.2, -0.15) is 0 Å². The van der Waals surface area contributed by atoms with Gasteiger partial charge in [0.2, 0.25) is 5.76 Å². The molecule has 3 aromatic rings. The van der Waals surface area contributed by atoms with E-state index in [9.17, 15) is 4.79 Å². The molecule has 0 aliphatic rings. The molecule has 1 amide bonds. The van der Waals surface area contributed by atoms with Crippen molar-refractivity contribution in [3.8, 4) is 5.75 Å². The molecule has 0 spiro atoms. The van der Waals surface area contributed by atoms with Crippen LogP contribution < -0.4 is 9.64 Å². The van der Waals surface area contributed by atoms with Crippen molar-refractivity contribution in [3.63, 3.8) is 0 Å². The smallest absolute Gasteiger partial charge is 0.298 e. The molecule has 9 heteroatoms. The molecule has 3 rings (SSSR count). The van der Waals surface area contributed by atoms with Crippen LogP contribution in [0, 0.1) is 6.92 Å². The van der Waals surface area contributed by atoms with E-state index in [0.29, 0.717) is 17.4 Å². The number of benzene rings is 1. The first-order valence-electron chi connectivity index (χ1n) is 8.98. The average molecular weight is 425 g/mol. The van der Waals surface area contributed by atoms with Gasteiger partial charge in [0.15, 0.2) is 5.13 Å². The fourth-order valence-electron chi connectivity index (χ4n) is 2.90. The number of thiazole rings is 1. The van der Waals surface area contributed by atoms with Crippen molar-refractivity contribution in [3.05, 3.63) is 35.7 Å². The van der Waals surface area contributed by atoms with Crippen molar-refractivity contribution in [2.75, 3.05) is 38.2 Å². The normalized spacial score (nSPS) is 10.9. The Bertz CT molecular complexity index is 909. The Kier molecular flexibility index (Phi) is 7.79. The third kappa shape index (κ3) is 4.45. The molecule has 0 N–H and O–H groups in total. The van der Waals surface area contributed by atoms with Crippen LogP contribution >= 0.6 is 23.7 Å². The standard InChI is InChI=1S/C19H24N4O3S.ClH/c1-5-22(6-2)11-12-23(18(24)15-9-10-20-26-15)19-21-16-14(25-4)8-7-13(3)17(16)27-19;/h7-10H,5-6,11-12H2,1-4H3;1H. The highest BCUT2D eigenvalue weighted by Crippen LogP contribution is 2.36. The number of aromatic nitrogens is 2. The molecule has 7 nitrogen and oxygen atoms in total. The third-order valence-corrected chi connectivity index (χ3v) is 5.78. The maximum absolute atomic E-state index is 13.0. The van der Waals surface area contributed by atoms with Gasteiger partial charge in [-0.05, 0) is 31.6 Å². The van der Waals surface area contributed by atoms with Crippen LogP contribution in [0.1, 0.15) is 30.0 Å². The van der Waals surface area contributed by atoms with Crippen molar-refractivity contribution in [1.29, 1.82) is 0 Å². The predicted molar refractivity (Wildman–Crippen MR) is 114 cm³/mol. The second-order valence-corrected chi connectivity index (χ2v) is 7.10. The minimum Gasteiger partial charge on any atom is -0.494 e. The number of anilines is 1. The number of hydrogen-bond acceptors (Lipinski definition) is 7. The zero-order chi connectivity index (χ0) is 19.4. The number of fused-ring (bicyclic) bond motifs is 1. The molecule has 1 aromatic carbocycles. The molecule has 152 valence electrons. The zero-order valence-corrected chi connectivity index (χ0v) is 18.1. The Morgan fingerprint density at radius 2 is 1.96 bits per heavy atom. The van der Waals surface area contributed by atoms with E-state index in [1.807, 2.05) is 19.1 Å². The van der Waals surface area contributed by atoms with Crippen LogP contribution in [0.5, 0.6) is 5.75 Å². The van der Waals surface area contributed by atoms with Crippen molar-refractivity contribution >= 4 is 45.0 Å². The van der Waals surface area contributed by atoms with E-state index in [4.69, 9.17) is 14.2 Å². The highest BCUT2D eigenvalue weighted by molar-refractivity contribution is 7.22. The summed E-state index contributed by atoms with van der Waals surface area (Å²) in [6.07, 6.45) is 1.47. The molecule has 0 aliphatic heterocycles. The first-order valence-corrected chi connectivity index (χ1v) is 9.79. The van der Waals surface area contributed by atoms with Crippen LogP contribution in [-0.4, -0.2) is 54.2 Å². The Morgan fingerprint density at radius 1 is 1.21 bits per heavy atom. The number of ether oxygens (including phenoxy) is 1. The molecule has 2 heterocycles. The summed E-state index contributed by atoms with van der Waals surface area (Å²) in [5.74, 6) is 0.668. The van der Waals surface area contributed by atoms with Gasteiger partial charge in [-0.15, -0.1) is 12.4 Å². The van der Waals surface area contributed by atoms with E-state index in [1.54, 1.807) is 18.1 Å². The molecule has 0 atom stereocenters. The van der Waals surface area contributed by atoms with Crippen molar-refractivity contribution < 1.29 is 14.1 Å². The van der Waals surface area contributed by atoms with Crippen LogP contribution in [0.2, 0.25) is 0 Å². The monoisotopic (exact) mass is 424 g/mol. The van der Waals surface area contributed by atoms with E-state index in [0.717, 1.165) is 35.4 Å². The van der Waals surface area contributed by atoms with Gasteiger partial charge < -0.3 is 14.2 Å². The van der Waals surface area contributed by atoms with E-state index in [-0.39, 0.29) is 24.1 Å². The van der Waals surface area contributed by atoms with Gasteiger partial charge in [0.1, 0.15) is 11.3 Å². The van der Waals surface area contributed by atoms with Crippen LogP contribution in [0.4, 0.5) is 5.13 Å². The van der Waals surface area contributed by atoms with Crippen LogP contribution in [-0.2, 0) is 0 Å². The van der Waals surface area contributed by atoms with Crippen LogP contribution in [0.15, 0.2) is 28.9 Å². The van der Waals surface area contributed by atoms with Gasteiger partial charge in [-0.1, -0.05) is 36.4 Å². The minimum atomic E-state index is -0.240. The number of hydrogen-bond donors (Lipinski definition) is 0. The van der Waals surface area contributed by atoms with Gasteiger partial charge in [0.05, 0.1) is 18.0 Å². The van der Waals surface area contributed by atoms with E-state index in [2.05, 4.69) is 23.9 Å². The number of amides is 1. The molecule has 0 fully saturated rings. The molecular formula is C19H25ClN4O3S. The first-order chi connectivity index (χ1) is 13.1. The second kappa shape index (κ2) is 9.86. The first kappa shape index (κ1) is 22.1. The van der Waals surface area contributed by atoms with E-state index in [1.165, 1.54) is 17.5 Å². The van der Waals surface area contributed by atoms with Gasteiger partial charge in [-0.3, -0.25) is 9.69 Å². The third-order valence-electron chi connectivity index (χ3n) is 4.57. The molecule has 2 aromatic heterocycles. The topological polar surface area (TPSA) is 71.7 Å². The van der Waals surface area contributed by atoms with Crippen molar-refractivity contribution in [2.24, 2.45) is 0 Å². The minimum absolute atomic E-state index is 0. The number of methoxy groups -OCH3 is 1. The quantitative estimate of drug-likeness (QED) is 0.544. The van der Waals surface area contributed by atoms with Gasteiger partial charge >= 0.3 is 0 Å². The molecule has 0 radical (unpaired) electrons. The van der Waals surface area contributed by atoms with Crippen LogP contribution in [0.25, 0.3) is 10.2 Å². The lowest BCUT2D eigenvalue weighted by atomic mass is 10.2. The summed E-state index contributed by atoms with van der Waals surface area (Å²) in [6, 6.07) is 5.48. The highest BCUT2D eigenvalue weighted by Gasteiger charge is 2.25. The molecule has 0 saturated heterocycles. The Balaban J connectivity index is 0.00000280. The molecular weight excluding hydrogens is 400 g/mol. The summed E-state index contributed by atoms with van der Waals surface area (Å²) in [5, 5.41) is 4.29. The molecule has 0 saturated carbocycles. The fourth-order valence-corrected chi connectivity index (χ4v) is 3.98. The number of carbonyl (C=O) groups is 1. The SMILES string of the molecule is CCN(CC)CCN(C(=O)c1ccno1)c1nc2c(OC)ccc(C)c2s1.Cl. The van der Waals surface area contributed by atoms with E-state index < -0.39 is 0 Å². The number of aryl methyl sites for hydroxylation is 1. The van der Waals surface area contributed by atoms with Crippen LogP contribution in [0.3, 0.4) is 0 Å². The zero-order valence-electron chi connectivity index (χ0n) is 16.5. The lowest BCUT2D eigenvalue weighted by Crippen LogP contribution is -2.38. The number of nitrogens with zero attached hydrogens (tertiary/aromatic N) is 4. The average Bonchev–Trinajstić information content (AvgIpc) is 3.36. The van der Waals surface area contributed by atoms with E-state index >= 15 is 0 Å². The Morgan fingerprint density at radius 3 is 2.57 bits per heavy atom. The Labute approximate surface area is 174 Å². The summed E-state index contributed by atoms with van der Waals surface area (Å²) in [5.41, 5.74) is 1.88. The lowest BCUT2D eigenvalue weighted by Gasteiger charge is -2.23. The summed E-state index contributed by atoms with van der Waals surface area (Å²) >= 11 is 1.49. The second-order valence-electron chi connectivity index (χ2n) is 6.12. The summed E-state index contributed by atoms with van der Waals surface area (Å²) < 4.78 is 11.6. The maximum atomic E-state index is 13.0. The number of rotatable bonds is 8. The molecule has 0 unspecified atom stereocenters. The van der Waals surface area contributed by atoms with Crippen molar-refractivity contribution in [1.82, 2.24) is 15.0 Å². The van der Waals surface area contributed by atoms with Gasteiger partial charge in [-0.25, -0.2) is 4.98 Å². The summed E-state index contributed by atoms with van der Waals surface area (Å²) in [7, 11) is 1.63. The Hall–Kier alpha value is -2.16. The fraction of sp³-hybridized carbons (Fsp3) is 0.421. The predicted octanol–water partition coefficient (Wildman–Crippen LogP) is 4.01. The molecule has 0 bridgehead atoms. The van der Waals surface area contributed by atoms with Crippen molar-refractivity contribution in [2.45, 2.75) is 20.8 Å². The number of halogens is 1. The largest absolute Gasteiger partial charge is 0.494 e. The summed E-state index contributed by atoms with van der Waals surface area (Å²) in [6.45, 7) is 9.36. The molecule has 28 heavy (non-hydrogen) atoms. The lowest BCUT2D eigenvalue weighted by molar-refractivity contribution is 0.0948. The highest BCUT2D eigenvalue weighted by atomic mass is 35.5. The summed E-state index contributed by atoms with van der Waals surface area (Å²) in [4.78, 5) is 21.7.